The summed E-state index contributed by atoms with van der Waals surface area (Å²) in [5.74, 6) is 1.21. The molecular formula is C17H13ClN2O3S. The Labute approximate surface area is 148 Å². The molecule has 1 amide bonds. The van der Waals surface area contributed by atoms with Gasteiger partial charge in [-0.3, -0.25) is 10.1 Å². The van der Waals surface area contributed by atoms with Crippen LogP contribution >= 0.6 is 23.8 Å². The Morgan fingerprint density at radius 3 is 2.62 bits per heavy atom. The molecule has 24 heavy (non-hydrogen) atoms. The summed E-state index contributed by atoms with van der Waals surface area (Å²) in [6, 6.07) is 14.3. The quantitative estimate of drug-likeness (QED) is 0.688. The number of benzene rings is 1. The van der Waals surface area contributed by atoms with Crippen molar-refractivity contribution < 1.29 is 13.6 Å². The number of nitrogens with one attached hydrogen (secondary N) is 2. The number of carbonyl (C=O) groups excluding carboxylic acids is 1. The predicted octanol–water partition coefficient (Wildman–Crippen LogP) is 4.00. The summed E-state index contributed by atoms with van der Waals surface area (Å²) >= 11 is 10.9. The third kappa shape index (κ3) is 4.04. The van der Waals surface area contributed by atoms with Crippen LogP contribution in [0.1, 0.15) is 16.3 Å². The molecule has 0 spiro atoms. The zero-order chi connectivity index (χ0) is 16.9. The molecule has 0 saturated carbocycles. The summed E-state index contributed by atoms with van der Waals surface area (Å²) in [4.78, 5) is 11.8. The average molecular weight is 361 g/mol. The van der Waals surface area contributed by atoms with Gasteiger partial charge in [0.05, 0.1) is 12.8 Å². The first-order valence-corrected chi connectivity index (χ1v) is 7.88. The first-order valence-electron chi connectivity index (χ1n) is 7.09. The van der Waals surface area contributed by atoms with Crippen LogP contribution in [0, 0.1) is 0 Å². The van der Waals surface area contributed by atoms with Crippen LogP contribution in [0.25, 0.3) is 11.3 Å². The number of rotatable bonds is 4. The van der Waals surface area contributed by atoms with Gasteiger partial charge in [-0.05, 0) is 60.7 Å². The topological polar surface area (TPSA) is 67.4 Å². The van der Waals surface area contributed by atoms with Gasteiger partial charge in [0, 0.05) is 10.6 Å². The molecule has 3 aromatic rings. The van der Waals surface area contributed by atoms with Crippen molar-refractivity contribution >= 4 is 34.8 Å². The fourth-order valence-electron chi connectivity index (χ4n) is 2.03. The third-order valence-corrected chi connectivity index (χ3v) is 3.68. The third-order valence-electron chi connectivity index (χ3n) is 3.19. The predicted molar refractivity (Wildman–Crippen MR) is 94.8 cm³/mol. The Bertz CT molecular complexity index is 841. The van der Waals surface area contributed by atoms with E-state index >= 15 is 0 Å². The number of halogens is 1. The van der Waals surface area contributed by atoms with E-state index in [2.05, 4.69) is 10.6 Å². The molecule has 0 atom stereocenters. The smallest absolute Gasteiger partial charge is 0.293 e. The standard InChI is InChI=1S/C17H13ClN2O3S/c18-12-5-3-11(4-6-12)14-8-7-13(23-14)10-19-17(24)20-16(21)15-2-1-9-22-15/h1-9H,10H2,(H2,19,20,21,24). The van der Waals surface area contributed by atoms with Crippen molar-refractivity contribution in [2.24, 2.45) is 0 Å². The van der Waals surface area contributed by atoms with Crippen LogP contribution in [-0.4, -0.2) is 11.0 Å². The maximum Gasteiger partial charge on any atom is 0.293 e. The fourth-order valence-corrected chi connectivity index (χ4v) is 2.32. The molecule has 1 aromatic carbocycles. The number of hydrogen-bond donors (Lipinski definition) is 2. The Balaban J connectivity index is 1.54. The van der Waals surface area contributed by atoms with Crippen LogP contribution in [0.5, 0.6) is 0 Å². The summed E-state index contributed by atoms with van der Waals surface area (Å²) in [5.41, 5.74) is 0.930. The molecule has 122 valence electrons. The van der Waals surface area contributed by atoms with Gasteiger partial charge in [0.15, 0.2) is 10.9 Å². The first kappa shape index (κ1) is 16.3. The Morgan fingerprint density at radius 2 is 1.92 bits per heavy atom. The molecule has 0 fully saturated rings. The van der Waals surface area contributed by atoms with Crippen molar-refractivity contribution in [2.45, 2.75) is 6.54 Å². The highest BCUT2D eigenvalue weighted by Gasteiger charge is 2.11. The van der Waals surface area contributed by atoms with E-state index in [0.29, 0.717) is 17.3 Å². The minimum absolute atomic E-state index is 0.195. The van der Waals surface area contributed by atoms with Crippen LogP contribution in [0.2, 0.25) is 5.02 Å². The van der Waals surface area contributed by atoms with E-state index in [-0.39, 0.29) is 10.9 Å². The fraction of sp³-hybridized carbons (Fsp3) is 0.0588. The van der Waals surface area contributed by atoms with Crippen LogP contribution < -0.4 is 10.6 Å². The number of thiocarbonyl (C=S) groups is 1. The molecule has 0 aliphatic heterocycles. The lowest BCUT2D eigenvalue weighted by atomic mass is 10.2. The Kier molecular flexibility index (Phi) is 4.98. The molecule has 2 aromatic heterocycles. The van der Waals surface area contributed by atoms with Crippen LogP contribution in [0.15, 0.2) is 63.6 Å². The molecule has 0 radical (unpaired) electrons. The van der Waals surface area contributed by atoms with Crippen molar-refractivity contribution in [3.63, 3.8) is 0 Å². The van der Waals surface area contributed by atoms with Gasteiger partial charge in [0.2, 0.25) is 0 Å². The molecular weight excluding hydrogens is 348 g/mol. The second-order valence-electron chi connectivity index (χ2n) is 4.89. The van der Waals surface area contributed by atoms with Gasteiger partial charge in [-0.25, -0.2) is 0 Å². The van der Waals surface area contributed by atoms with Crippen molar-refractivity contribution in [1.82, 2.24) is 10.6 Å². The summed E-state index contributed by atoms with van der Waals surface area (Å²) in [7, 11) is 0. The zero-order valence-electron chi connectivity index (χ0n) is 12.4. The number of carbonyl (C=O) groups is 1. The first-order chi connectivity index (χ1) is 11.6. The van der Waals surface area contributed by atoms with Crippen LogP contribution in [0.3, 0.4) is 0 Å². The maximum absolute atomic E-state index is 11.8. The monoisotopic (exact) mass is 360 g/mol. The van der Waals surface area contributed by atoms with Gasteiger partial charge in [-0.2, -0.15) is 0 Å². The van der Waals surface area contributed by atoms with E-state index in [0.717, 1.165) is 11.3 Å². The van der Waals surface area contributed by atoms with Gasteiger partial charge in [0.1, 0.15) is 11.5 Å². The van der Waals surface area contributed by atoms with Crippen LogP contribution in [0.4, 0.5) is 0 Å². The average Bonchev–Trinajstić information content (AvgIpc) is 3.25. The van der Waals surface area contributed by atoms with E-state index in [1.54, 1.807) is 24.3 Å². The second-order valence-corrected chi connectivity index (χ2v) is 5.73. The summed E-state index contributed by atoms with van der Waals surface area (Å²) in [6.07, 6.45) is 1.42. The molecule has 0 aliphatic rings. The molecule has 0 unspecified atom stereocenters. The van der Waals surface area contributed by atoms with Gasteiger partial charge >= 0.3 is 0 Å². The lowest BCUT2D eigenvalue weighted by molar-refractivity contribution is 0.0949. The van der Waals surface area contributed by atoms with Gasteiger partial charge in [0.25, 0.3) is 5.91 Å². The Hall–Kier alpha value is -2.57. The molecule has 7 heteroatoms. The lowest BCUT2D eigenvalue weighted by Crippen LogP contribution is -2.38. The number of amides is 1. The van der Waals surface area contributed by atoms with Crippen molar-refractivity contribution in [3.8, 4) is 11.3 Å². The minimum atomic E-state index is -0.404. The largest absolute Gasteiger partial charge is 0.459 e. The molecule has 2 N–H and O–H groups in total. The highest BCUT2D eigenvalue weighted by atomic mass is 35.5. The Morgan fingerprint density at radius 1 is 1.12 bits per heavy atom. The summed E-state index contributed by atoms with van der Waals surface area (Å²) in [5, 5.41) is 6.30. The maximum atomic E-state index is 11.8. The van der Waals surface area contributed by atoms with E-state index < -0.39 is 5.91 Å². The molecule has 5 nitrogen and oxygen atoms in total. The SMILES string of the molecule is O=C(NC(=S)NCc1ccc(-c2ccc(Cl)cc2)o1)c1ccco1. The zero-order valence-corrected chi connectivity index (χ0v) is 14.0. The molecule has 3 rings (SSSR count). The highest BCUT2D eigenvalue weighted by molar-refractivity contribution is 7.80. The molecule has 0 saturated heterocycles. The molecule has 0 bridgehead atoms. The van der Waals surface area contributed by atoms with Crippen molar-refractivity contribution in [1.29, 1.82) is 0 Å². The van der Waals surface area contributed by atoms with Crippen molar-refractivity contribution in [2.75, 3.05) is 0 Å². The van der Waals surface area contributed by atoms with E-state index in [1.807, 2.05) is 24.3 Å². The minimum Gasteiger partial charge on any atom is -0.459 e. The number of furan rings is 2. The van der Waals surface area contributed by atoms with Crippen LogP contribution in [-0.2, 0) is 6.54 Å². The second kappa shape index (κ2) is 7.33. The highest BCUT2D eigenvalue weighted by Crippen LogP contribution is 2.23. The van der Waals surface area contributed by atoms with Crippen molar-refractivity contribution in [3.05, 3.63) is 71.3 Å². The lowest BCUT2D eigenvalue weighted by Gasteiger charge is -2.07. The number of hydrogen-bond acceptors (Lipinski definition) is 4. The summed E-state index contributed by atoms with van der Waals surface area (Å²) in [6.45, 7) is 0.352. The van der Waals surface area contributed by atoms with E-state index in [9.17, 15) is 4.79 Å². The van der Waals surface area contributed by atoms with Gasteiger partial charge in [-0.15, -0.1) is 0 Å². The van der Waals surface area contributed by atoms with E-state index in [4.69, 9.17) is 32.7 Å². The van der Waals surface area contributed by atoms with Gasteiger partial charge in [-0.1, -0.05) is 11.6 Å². The molecule has 0 aliphatic carbocycles. The summed E-state index contributed by atoms with van der Waals surface area (Å²) < 4.78 is 10.7. The normalized spacial score (nSPS) is 10.4. The van der Waals surface area contributed by atoms with E-state index in [1.165, 1.54) is 6.26 Å². The molecule has 2 heterocycles. The van der Waals surface area contributed by atoms with Gasteiger partial charge < -0.3 is 14.2 Å².